The van der Waals surface area contributed by atoms with E-state index in [0.29, 0.717) is 11.5 Å². The lowest BCUT2D eigenvalue weighted by atomic mass is 9.82. The first kappa shape index (κ1) is 18.6. The zero-order valence-corrected chi connectivity index (χ0v) is 16.8. The predicted molar refractivity (Wildman–Crippen MR) is 101 cm³/mol. The van der Waals surface area contributed by atoms with Crippen LogP contribution in [-0.2, 0) is 4.74 Å². The monoisotopic (exact) mass is 350 g/mol. The molecular formula is C19H27FOSSi. The van der Waals surface area contributed by atoms with Crippen LogP contribution in [0.4, 0.5) is 4.39 Å². The fourth-order valence-electron chi connectivity index (χ4n) is 2.23. The number of hydrogen-bond donors (Lipinski definition) is 0. The largest absolute Gasteiger partial charge is 0.362 e. The summed E-state index contributed by atoms with van der Waals surface area (Å²) in [5.74, 6) is 4.34. The van der Waals surface area contributed by atoms with Gasteiger partial charge in [-0.2, -0.15) is 0 Å². The topological polar surface area (TPSA) is 9.23 Å². The van der Waals surface area contributed by atoms with Gasteiger partial charge in [-0.15, -0.1) is 17.3 Å². The lowest BCUT2D eigenvalue weighted by Gasteiger charge is -2.36. The Labute approximate surface area is 145 Å². The Balaban J connectivity index is 2.08. The Morgan fingerprint density at radius 1 is 1.26 bits per heavy atom. The van der Waals surface area contributed by atoms with E-state index >= 15 is 0 Å². The second-order valence-electron chi connectivity index (χ2n) is 8.30. The van der Waals surface area contributed by atoms with Crippen LogP contribution >= 0.6 is 11.8 Å². The molecule has 4 heteroatoms. The Bertz CT molecular complexity index is 611. The van der Waals surface area contributed by atoms with Gasteiger partial charge in [0.05, 0.1) is 12.2 Å². The molecule has 0 radical (unpaired) electrons. The van der Waals surface area contributed by atoms with Crippen molar-refractivity contribution in [2.75, 3.05) is 12.4 Å². The van der Waals surface area contributed by atoms with E-state index in [0.717, 1.165) is 17.9 Å². The molecular weight excluding hydrogens is 323 g/mol. The van der Waals surface area contributed by atoms with Gasteiger partial charge in [-0.25, -0.2) is 4.39 Å². The molecule has 0 unspecified atom stereocenters. The molecule has 1 saturated heterocycles. The van der Waals surface area contributed by atoms with E-state index in [2.05, 4.69) is 51.9 Å². The zero-order chi connectivity index (χ0) is 17.3. The lowest BCUT2D eigenvalue weighted by molar-refractivity contribution is 0.0394. The van der Waals surface area contributed by atoms with E-state index in [1.54, 1.807) is 23.9 Å². The molecule has 1 nitrogen and oxygen atoms in total. The minimum Gasteiger partial charge on any atom is -0.362 e. The van der Waals surface area contributed by atoms with Gasteiger partial charge in [0.25, 0.3) is 0 Å². The van der Waals surface area contributed by atoms with E-state index in [4.69, 9.17) is 4.74 Å². The Kier molecular flexibility index (Phi) is 5.66. The first-order chi connectivity index (χ1) is 10.6. The first-order valence-electron chi connectivity index (χ1n) is 8.12. The second-order valence-corrected chi connectivity index (χ2v) is 14.1. The molecule has 1 aliphatic heterocycles. The van der Waals surface area contributed by atoms with E-state index in [1.165, 1.54) is 0 Å². The van der Waals surface area contributed by atoms with E-state index in [1.807, 2.05) is 6.07 Å². The molecule has 1 aromatic carbocycles. The van der Waals surface area contributed by atoms with Crippen molar-refractivity contribution in [3.8, 4) is 11.5 Å². The molecule has 0 amide bonds. The van der Waals surface area contributed by atoms with E-state index < -0.39 is 8.07 Å². The van der Waals surface area contributed by atoms with Crippen LogP contribution in [0.15, 0.2) is 18.2 Å². The van der Waals surface area contributed by atoms with Gasteiger partial charge in [-0.1, -0.05) is 52.4 Å². The van der Waals surface area contributed by atoms with Crippen molar-refractivity contribution in [3.05, 3.63) is 35.1 Å². The maximum Gasteiger partial charge on any atom is 0.139 e. The van der Waals surface area contributed by atoms with Gasteiger partial charge in [0.15, 0.2) is 0 Å². The normalized spacial score (nSPS) is 22.4. The van der Waals surface area contributed by atoms with Crippen LogP contribution in [0, 0.1) is 28.6 Å². The molecule has 1 heterocycles. The third kappa shape index (κ3) is 5.38. The number of thioether (sulfide) groups is 1. The molecule has 1 fully saturated rings. The van der Waals surface area contributed by atoms with Crippen molar-refractivity contribution in [2.45, 2.75) is 45.8 Å². The van der Waals surface area contributed by atoms with Crippen LogP contribution < -0.4 is 0 Å². The van der Waals surface area contributed by atoms with Crippen molar-refractivity contribution in [1.29, 1.82) is 0 Å². The van der Waals surface area contributed by atoms with E-state index in [-0.39, 0.29) is 16.7 Å². The summed E-state index contributed by atoms with van der Waals surface area (Å²) in [6, 6.07) is 5.33. The van der Waals surface area contributed by atoms with Crippen molar-refractivity contribution in [3.63, 3.8) is 0 Å². The predicted octanol–water partition coefficient (Wildman–Crippen LogP) is 5.48. The SMILES string of the molecule is CC(C)(C)[C@H]1CO[C@H](c2ccc(C#C[Si](C)(C)C)c(F)c2)SC1. The van der Waals surface area contributed by atoms with Gasteiger partial charge >= 0.3 is 0 Å². The lowest BCUT2D eigenvalue weighted by Crippen LogP contribution is -2.31. The van der Waals surface area contributed by atoms with Gasteiger partial charge in [0, 0.05) is 5.75 Å². The minimum atomic E-state index is -1.49. The molecule has 2 atom stereocenters. The highest BCUT2D eigenvalue weighted by molar-refractivity contribution is 7.99. The highest BCUT2D eigenvalue weighted by atomic mass is 32.2. The molecule has 23 heavy (non-hydrogen) atoms. The quantitative estimate of drug-likeness (QED) is 0.490. The van der Waals surface area contributed by atoms with Crippen molar-refractivity contribution in [2.24, 2.45) is 11.3 Å². The number of hydrogen-bond acceptors (Lipinski definition) is 2. The molecule has 0 aromatic heterocycles. The summed E-state index contributed by atoms with van der Waals surface area (Å²) in [4.78, 5) is 0. The van der Waals surface area contributed by atoms with Crippen LogP contribution in [0.3, 0.4) is 0 Å². The van der Waals surface area contributed by atoms with Crippen LogP contribution in [0.2, 0.25) is 19.6 Å². The van der Waals surface area contributed by atoms with Crippen molar-refractivity contribution < 1.29 is 9.13 Å². The fraction of sp³-hybridized carbons (Fsp3) is 0.579. The second kappa shape index (κ2) is 7.00. The summed E-state index contributed by atoms with van der Waals surface area (Å²) in [5.41, 5.74) is 4.79. The minimum absolute atomic E-state index is 0.0675. The van der Waals surface area contributed by atoms with Gasteiger partial charge in [0.1, 0.15) is 19.3 Å². The molecule has 0 N–H and O–H groups in total. The molecule has 0 aliphatic carbocycles. The summed E-state index contributed by atoms with van der Waals surface area (Å²) < 4.78 is 20.3. The summed E-state index contributed by atoms with van der Waals surface area (Å²) in [6.07, 6.45) is 0. The molecule has 1 aliphatic rings. The summed E-state index contributed by atoms with van der Waals surface area (Å²) in [5, 5.41) is 0. The zero-order valence-electron chi connectivity index (χ0n) is 15.0. The van der Waals surface area contributed by atoms with Crippen LogP contribution in [-0.4, -0.2) is 20.4 Å². The number of rotatable bonds is 1. The number of halogens is 1. The third-order valence-corrected chi connectivity index (χ3v) is 6.14. The standard InChI is InChI=1S/C19H27FOSSi/c1-19(2,3)16-12-21-18(22-13-16)15-8-7-14(17(20)11-15)9-10-23(4,5)6/h7-8,11,16,18H,12-13H2,1-6H3/t16-,18-/m0/s1. The van der Waals surface area contributed by atoms with Gasteiger partial charge in [-0.3, -0.25) is 0 Å². The van der Waals surface area contributed by atoms with Gasteiger partial charge in [0.2, 0.25) is 0 Å². The van der Waals surface area contributed by atoms with Crippen LogP contribution in [0.1, 0.15) is 37.3 Å². The van der Waals surface area contributed by atoms with Crippen molar-refractivity contribution in [1.82, 2.24) is 0 Å². The summed E-state index contributed by atoms with van der Waals surface area (Å²) in [7, 11) is -1.49. The molecule has 0 saturated carbocycles. The molecule has 0 bridgehead atoms. The van der Waals surface area contributed by atoms with Crippen LogP contribution in [0.25, 0.3) is 0 Å². The van der Waals surface area contributed by atoms with E-state index in [9.17, 15) is 4.39 Å². The Hall–Kier alpha value is -0.763. The van der Waals surface area contributed by atoms with Crippen molar-refractivity contribution >= 4 is 19.8 Å². The highest BCUT2D eigenvalue weighted by Gasteiger charge is 2.31. The highest BCUT2D eigenvalue weighted by Crippen LogP contribution is 2.41. The average molecular weight is 351 g/mol. The summed E-state index contributed by atoms with van der Waals surface area (Å²) >= 11 is 1.77. The Morgan fingerprint density at radius 3 is 2.43 bits per heavy atom. The maximum atomic E-state index is 14.3. The molecule has 1 aromatic rings. The smallest absolute Gasteiger partial charge is 0.139 e. The molecule has 0 spiro atoms. The van der Waals surface area contributed by atoms with Crippen LogP contribution in [0.5, 0.6) is 0 Å². The molecule has 126 valence electrons. The molecule has 2 rings (SSSR count). The maximum absolute atomic E-state index is 14.3. The van der Waals surface area contributed by atoms with Gasteiger partial charge in [-0.05, 0) is 29.0 Å². The Morgan fingerprint density at radius 2 is 1.96 bits per heavy atom. The number of ether oxygens (including phenoxy) is 1. The van der Waals surface area contributed by atoms with Gasteiger partial charge < -0.3 is 4.74 Å². The summed E-state index contributed by atoms with van der Waals surface area (Å²) in [6.45, 7) is 13.9. The first-order valence-corrected chi connectivity index (χ1v) is 12.7. The fourth-order valence-corrected chi connectivity index (χ4v) is 4.26. The third-order valence-electron chi connectivity index (χ3n) is 3.96. The average Bonchev–Trinajstić information content (AvgIpc) is 2.44. The number of benzene rings is 1.